The van der Waals surface area contributed by atoms with E-state index in [2.05, 4.69) is 20.5 Å². The Morgan fingerprint density at radius 3 is 2.81 bits per heavy atom. The van der Waals surface area contributed by atoms with Crippen molar-refractivity contribution in [2.75, 3.05) is 11.1 Å². The highest BCUT2D eigenvalue weighted by Crippen LogP contribution is 2.22. The molecule has 0 bridgehead atoms. The molecule has 0 saturated carbocycles. The van der Waals surface area contributed by atoms with Crippen LogP contribution < -0.4 is 10.1 Å². The highest BCUT2D eigenvalue weighted by Gasteiger charge is 2.09. The molecule has 3 aromatic rings. The predicted molar refractivity (Wildman–Crippen MR) is 107 cm³/mol. The lowest BCUT2D eigenvalue weighted by atomic mass is 10.2. The number of benzene rings is 2. The molecule has 8 heteroatoms. The van der Waals surface area contributed by atoms with Crippen LogP contribution in [0.15, 0.2) is 47.6 Å². The summed E-state index contributed by atoms with van der Waals surface area (Å²) in [5.74, 6) is 1.42. The highest BCUT2D eigenvalue weighted by atomic mass is 35.5. The number of H-pyrrole nitrogens is 1. The molecule has 0 aliphatic carbocycles. The third kappa shape index (κ3) is 5.48. The quantitative estimate of drug-likeness (QED) is 0.573. The molecular formula is C19H19ClN4O2S. The molecular weight excluding hydrogens is 384 g/mol. The van der Waals surface area contributed by atoms with Gasteiger partial charge in [-0.2, -0.15) is 0 Å². The molecule has 0 saturated heterocycles. The summed E-state index contributed by atoms with van der Waals surface area (Å²) in [7, 11) is 0. The number of aryl methyl sites for hydroxylation is 2. The Bertz CT molecular complexity index is 945. The van der Waals surface area contributed by atoms with Crippen LogP contribution in [0.3, 0.4) is 0 Å². The molecule has 0 radical (unpaired) electrons. The van der Waals surface area contributed by atoms with E-state index in [-0.39, 0.29) is 18.3 Å². The number of aromatic amines is 1. The molecule has 0 aliphatic heterocycles. The van der Waals surface area contributed by atoms with Gasteiger partial charge in [0.2, 0.25) is 11.1 Å². The number of carbonyl (C=O) groups is 1. The molecule has 0 spiro atoms. The van der Waals surface area contributed by atoms with Crippen LogP contribution in [0.25, 0.3) is 0 Å². The fourth-order valence-corrected chi connectivity index (χ4v) is 3.03. The van der Waals surface area contributed by atoms with Crippen LogP contribution in [0.1, 0.15) is 17.0 Å². The van der Waals surface area contributed by atoms with Gasteiger partial charge in [0.15, 0.2) is 5.82 Å². The molecule has 1 aromatic heterocycles. The zero-order valence-electron chi connectivity index (χ0n) is 15.0. The zero-order chi connectivity index (χ0) is 19.2. The molecule has 1 heterocycles. The molecule has 0 aliphatic rings. The van der Waals surface area contributed by atoms with Crippen LogP contribution in [0.2, 0.25) is 5.02 Å². The molecule has 2 aromatic carbocycles. The Morgan fingerprint density at radius 2 is 2.04 bits per heavy atom. The number of carbonyl (C=O) groups excluding carboxylic acids is 1. The smallest absolute Gasteiger partial charge is 0.234 e. The lowest BCUT2D eigenvalue weighted by Gasteiger charge is -2.06. The van der Waals surface area contributed by atoms with Crippen LogP contribution in [0.4, 0.5) is 5.69 Å². The lowest BCUT2D eigenvalue weighted by molar-refractivity contribution is -0.113. The number of nitrogens with one attached hydrogen (secondary N) is 2. The number of nitrogens with zero attached hydrogens (tertiary/aromatic N) is 2. The predicted octanol–water partition coefficient (Wildman–Crippen LogP) is 4.38. The summed E-state index contributed by atoms with van der Waals surface area (Å²) in [5, 5.41) is 11.0. The SMILES string of the molecule is Cc1cc(OCc2nc(SCC(=O)Nc3ccccc3C)n[nH]2)ccc1Cl. The van der Waals surface area contributed by atoms with Crippen LogP contribution in [-0.4, -0.2) is 26.8 Å². The van der Waals surface area contributed by atoms with Crippen molar-refractivity contribution in [2.24, 2.45) is 0 Å². The molecule has 1 amide bonds. The van der Waals surface area contributed by atoms with Crippen molar-refractivity contribution >= 4 is 35.0 Å². The van der Waals surface area contributed by atoms with Gasteiger partial charge in [0.05, 0.1) is 5.75 Å². The number of rotatable bonds is 7. The molecule has 2 N–H and O–H groups in total. The zero-order valence-corrected chi connectivity index (χ0v) is 16.5. The van der Waals surface area contributed by atoms with Crippen LogP contribution in [-0.2, 0) is 11.4 Å². The molecule has 0 unspecified atom stereocenters. The summed E-state index contributed by atoms with van der Waals surface area (Å²) >= 11 is 7.26. The topological polar surface area (TPSA) is 79.9 Å². The number of thioether (sulfide) groups is 1. The molecule has 27 heavy (non-hydrogen) atoms. The standard InChI is InChI=1S/C19H19ClN4O2S/c1-12-5-3-4-6-16(12)21-18(25)11-27-19-22-17(23-24-19)10-26-14-7-8-15(20)13(2)9-14/h3-9H,10-11H2,1-2H3,(H,21,25)(H,22,23,24). The average molecular weight is 403 g/mol. The van der Waals surface area contributed by atoms with Crippen LogP contribution >= 0.6 is 23.4 Å². The monoisotopic (exact) mass is 402 g/mol. The van der Waals surface area contributed by atoms with Crippen LogP contribution in [0, 0.1) is 13.8 Å². The largest absolute Gasteiger partial charge is 0.486 e. The van der Waals surface area contributed by atoms with E-state index in [0.29, 0.717) is 21.8 Å². The first-order valence-electron chi connectivity index (χ1n) is 8.30. The second-order valence-electron chi connectivity index (χ2n) is 5.92. The van der Waals surface area contributed by atoms with Crippen molar-refractivity contribution in [1.29, 1.82) is 0 Å². The average Bonchev–Trinajstić information content (AvgIpc) is 3.11. The van der Waals surface area contributed by atoms with Gasteiger partial charge in [-0.05, 0) is 49.2 Å². The maximum atomic E-state index is 12.1. The molecule has 3 rings (SSSR count). The molecule has 140 valence electrons. The Kier molecular flexibility index (Phi) is 6.36. The minimum atomic E-state index is -0.103. The van der Waals surface area contributed by atoms with E-state index < -0.39 is 0 Å². The summed E-state index contributed by atoms with van der Waals surface area (Å²) in [5.41, 5.74) is 2.78. The summed E-state index contributed by atoms with van der Waals surface area (Å²) < 4.78 is 5.68. The van der Waals surface area contributed by atoms with Gasteiger partial charge in [-0.15, -0.1) is 5.10 Å². The normalized spacial score (nSPS) is 10.6. The van der Waals surface area contributed by atoms with Gasteiger partial charge < -0.3 is 10.1 Å². The van der Waals surface area contributed by atoms with E-state index in [1.54, 1.807) is 12.1 Å². The van der Waals surface area contributed by atoms with Crippen molar-refractivity contribution in [3.8, 4) is 5.75 Å². The van der Waals surface area contributed by atoms with Gasteiger partial charge in [-0.25, -0.2) is 4.98 Å². The second kappa shape index (κ2) is 8.92. The van der Waals surface area contributed by atoms with Crippen molar-refractivity contribution in [1.82, 2.24) is 15.2 Å². The summed E-state index contributed by atoms with van der Waals surface area (Å²) in [4.78, 5) is 16.4. The van der Waals surface area contributed by atoms with E-state index in [4.69, 9.17) is 16.3 Å². The van der Waals surface area contributed by atoms with Crippen molar-refractivity contribution < 1.29 is 9.53 Å². The Morgan fingerprint density at radius 1 is 1.22 bits per heavy atom. The minimum Gasteiger partial charge on any atom is -0.486 e. The lowest BCUT2D eigenvalue weighted by Crippen LogP contribution is -2.14. The Balaban J connectivity index is 1.48. The van der Waals surface area contributed by atoms with Gasteiger partial charge in [0.25, 0.3) is 0 Å². The maximum Gasteiger partial charge on any atom is 0.234 e. The minimum absolute atomic E-state index is 0.103. The van der Waals surface area contributed by atoms with Gasteiger partial charge in [-0.3, -0.25) is 9.89 Å². The number of aromatic nitrogens is 3. The summed E-state index contributed by atoms with van der Waals surface area (Å²) in [6.07, 6.45) is 0. The van der Waals surface area contributed by atoms with E-state index >= 15 is 0 Å². The molecule has 6 nitrogen and oxygen atoms in total. The fraction of sp³-hybridized carbons (Fsp3) is 0.211. The Hall–Kier alpha value is -2.51. The Labute approximate surface area is 166 Å². The first kappa shape index (κ1) is 19.3. The van der Waals surface area contributed by atoms with Crippen molar-refractivity contribution in [3.63, 3.8) is 0 Å². The first-order valence-corrected chi connectivity index (χ1v) is 9.66. The molecule has 0 fully saturated rings. The van der Waals surface area contributed by atoms with Crippen molar-refractivity contribution in [3.05, 3.63) is 64.4 Å². The highest BCUT2D eigenvalue weighted by molar-refractivity contribution is 7.99. The van der Waals surface area contributed by atoms with Crippen LogP contribution in [0.5, 0.6) is 5.75 Å². The van der Waals surface area contributed by atoms with E-state index in [1.807, 2.05) is 44.2 Å². The van der Waals surface area contributed by atoms with Gasteiger partial charge in [0, 0.05) is 10.7 Å². The number of para-hydroxylation sites is 1. The van der Waals surface area contributed by atoms with Gasteiger partial charge in [-0.1, -0.05) is 41.6 Å². The van der Waals surface area contributed by atoms with Crippen molar-refractivity contribution in [2.45, 2.75) is 25.6 Å². The third-order valence-corrected chi connectivity index (χ3v) is 5.04. The second-order valence-corrected chi connectivity index (χ2v) is 7.27. The third-order valence-electron chi connectivity index (χ3n) is 3.77. The van der Waals surface area contributed by atoms with E-state index in [9.17, 15) is 4.79 Å². The molecule has 0 atom stereocenters. The van der Waals surface area contributed by atoms with Gasteiger partial charge >= 0.3 is 0 Å². The fourth-order valence-electron chi connectivity index (χ4n) is 2.30. The van der Waals surface area contributed by atoms with E-state index in [1.165, 1.54) is 11.8 Å². The summed E-state index contributed by atoms with van der Waals surface area (Å²) in [6, 6.07) is 13.1. The number of halogens is 1. The number of hydrogen-bond acceptors (Lipinski definition) is 5. The number of ether oxygens (including phenoxy) is 1. The summed E-state index contributed by atoms with van der Waals surface area (Å²) in [6.45, 7) is 4.12. The number of amides is 1. The van der Waals surface area contributed by atoms with Gasteiger partial charge in [0.1, 0.15) is 12.4 Å². The first-order chi connectivity index (χ1) is 13.0. The van der Waals surface area contributed by atoms with E-state index in [0.717, 1.165) is 16.8 Å². The maximum absolute atomic E-state index is 12.1. The number of hydrogen-bond donors (Lipinski definition) is 2. The number of anilines is 1.